The van der Waals surface area contributed by atoms with E-state index in [1.54, 1.807) is 0 Å². The smallest absolute Gasteiger partial charge is 0.306 e. The van der Waals surface area contributed by atoms with Crippen molar-refractivity contribution in [3.05, 3.63) is 72.9 Å². The summed E-state index contributed by atoms with van der Waals surface area (Å²) >= 11 is 0. The van der Waals surface area contributed by atoms with Crippen LogP contribution in [-0.2, 0) is 32.7 Å². The maximum Gasteiger partial charge on any atom is 0.306 e. The van der Waals surface area contributed by atoms with E-state index in [4.69, 9.17) is 18.5 Å². The minimum absolute atomic E-state index is 0.0389. The molecule has 2 atom stereocenters. The molecule has 9 nitrogen and oxygen atoms in total. The maximum absolute atomic E-state index is 12.7. The number of quaternary nitrogens is 1. The number of unbranched alkanes of at least 4 members (excludes halogenated alkanes) is 14. The van der Waals surface area contributed by atoms with Crippen LogP contribution in [0.4, 0.5) is 0 Å². The lowest BCUT2D eigenvalue weighted by Crippen LogP contribution is -2.37. The zero-order valence-corrected chi connectivity index (χ0v) is 38.4. The van der Waals surface area contributed by atoms with E-state index in [1.807, 2.05) is 21.1 Å². The van der Waals surface area contributed by atoms with E-state index in [0.717, 1.165) is 83.5 Å². The zero-order valence-electron chi connectivity index (χ0n) is 37.5. The van der Waals surface area contributed by atoms with Crippen molar-refractivity contribution in [2.75, 3.05) is 47.5 Å². The van der Waals surface area contributed by atoms with Gasteiger partial charge in [0.15, 0.2) is 6.10 Å². The summed E-state index contributed by atoms with van der Waals surface area (Å²) < 4.78 is 33.9. The molecule has 0 heterocycles. The van der Waals surface area contributed by atoms with Crippen molar-refractivity contribution in [3.8, 4) is 0 Å². The Hall–Kier alpha value is -2.55. The topological polar surface area (TPSA) is 111 Å². The molecule has 0 N–H and O–H groups in total. The molecule has 0 fully saturated rings. The molecule has 0 bridgehead atoms. The molecule has 0 saturated heterocycles. The molecular weight excluding hydrogens is 750 g/mol. The highest BCUT2D eigenvalue weighted by molar-refractivity contribution is 7.45. The van der Waals surface area contributed by atoms with Gasteiger partial charge >= 0.3 is 11.9 Å². The van der Waals surface area contributed by atoms with Crippen molar-refractivity contribution in [1.82, 2.24) is 0 Å². The molecule has 0 aromatic carbocycles. The molecule has 58 heavy (non-hydrogen) atoms. The number of rotatable bonds is 40. The summed E-state index contributed by atoms with van der Waals surface area (Å²) in [5.74, 6) is -0.868. The van der Waals surface area contributed by atoms with E-state index in [0.29, 0.717) is 17.4 Å². The summed E-state index contributed by atoms with van der Waals surface area (Å²) in [6.07, 6.45) is 49.3. The van der Waals surface area contributed by atoms with Gasteiger partial charge in [-0.25, -0.2) is 0 Å². The number of allylic oxidation sites excluding steroid dienone is 12. The minimum Gasteiger partial charge on any atom is -0.756 e. The fraction of sp³-hybridized carbons (Fsp3) is 0.708. The Morgan fingerprint density at radius 1 is 0.552 bits per heavy atom. The second kappa shape index (κ2) is 39.9. The van der Waals surface area contributed by atoms with Gasteiger partial charge in [-0.2, -0.15) is 0 Å². The number of carbonyl (C=O) groups excluding carboxylic acids is 2. The van der Waals surface area contributed by atoms with Crippen LogP contribution in [0.1, 0.15) is 168 Å². The molecule has 0 saturated carbocycles. The van der Waals surface area contributed by atoms with Crippen LogP contribution in [0.3, 0.4) is 0 Å². The Labute approximate surface area is 355 Å². The van der Waals surface area contributed by atoms with Crippen LogP contribution in [0.5, 0.6) is 0 Å². The van der Waals surface area contributed by atoms with Crippen LogP contribution in [0.15, 0.2) is 72.9 Å². The highest BCUT2D eigenvalue weighted by Crippen LogP contribution is 2.38. The van der Waals surface area contributed by atoms with Gasteiger partial charge < -0.3 is 27.9 Å². The third-order valence-electron chi connectivity index (χ3n) is 9.24. The van der Waals surface area contributed by atoms with Gasteiger partial charge in [0, 0.05) is 12.8 Å². The lowest BCUT2D eigenvalue weighted by atomic mass is 10.1. The highest BCUT2D eigenvalue weighted by atomic mass is 31.2. The molecule has 0 amide bonds. The summed E-state index contributed by atoms with van der Waals surface area (Å²) in [6.45, 7) is 4.06. The predicted octanol–water partition coefficient (Wildman–Crippen LogP) is 12.4. The minimum atomic E-state index is -4.63. The van der Waals surface area contributed by atoms with Gasteiger partial charge in [-0.3, -0.25) is 14.2 Å². The van der Waals surface area contributed by atoms with Crippen LogP contribution in [0.2, 0.25) is 0 Å². The Balaban J connectivity index is 4.37. The summed E-state index contributed by atoms with van der Waals surface area (Å²) in [6, 6.07) is 0. The molecule has 0 radical (unpaired) electrons. The number of hydrogen-bond donors (Lipinski definition) is 0. The van der Waals surface area contributed by atoms with Crippen molar-refractivity contribution >= 4 is 19.8 Å². The summed E-state index contributed by atoms with van der Waals surface area (Å²) in [4.78, 5) is 37.5. The zero-order chi connectivity index (χ0) is 42.8. The monoisotopic (exact) mass is 834 g/mol. The van der Waals surface area contributed by atoms with Gasteiger partial charge in [0.25, 0.3) is 7.82 Å². The Morgan fingerprint density at radius 3 is 1.47 bits per heavy atom. The lowest BCUT2D eigenvalue weighted by molar-refractivity contribution is -0.870. The van der Waals surface area contributed by atoms with Crippen LogP contribution in [-0.4, -0.2) is 70.0 Å². The maximum atomic E-state index is 12.7. The van der Waals surface area contributed by atoms with Crippen LogP contribution in [0.25, 0.3) is 0 Å². The van der Waals surface area contributed by atoms with E-state index in [2.05, 4.69) is 86.8 Å². The fourth-order valence-electron chi connectivity index (χ4n) is 5.72. The largest absolute Gasteiger partial charge is 0.756 e. The van der Waals surface area contributed by atoms with Crippen LogP contribution < -0.4 is 4.89 Å². The van der Waals surface area contributed by atoms with Crippen LogP contribution >= 0.6 is 7.82 Å². The van der Waals surface area contributed by atoms with Crippen molar-refractivity contribution in [2.24, 2.45) is 0 Å². The molecule has 0 aromatic heterocycles. The highest BCUT2D eigenvalue weighted by Gasteiger charge is 2.21. The number of phosphoric acid groups is 1. The number of nitrogens with zero attached hydrogens (tertiary/aromatic N) is 1. The SMILES string of the molecule is CC/C=C\C/C=C\C/C=C\C/C=C\C/C=C\C/C=C\CCCCCCC(=O)OC(COC(=O)CCCCCCCCCCCCC)COP(=O)([O-])OCC[N+](C)(C)C. The first-order valence-electron chi connectivity index (χ1n) is 22.6. The van der Waals surface area contributed by atoms with Crippen molar-refractivity contribution < 1.29 is 42.1 Å². The average Bonchev–Trinajstić information content (AvgIpc) is 3.17. The first-order valence-corrected chi connectivity index (χ1v) is 24.1. The van der Waals surface area contributed by atoms with E-state index >= 15 is 0 Å². The summed E-state index contributed by atoms with van der Waals surface area (Å²) in [5, 5.41) is 0. The molecule has 0 spiro atoms. The summed E-state index contributed by atoms with van der Waals surface area (Å²) in [5.41, 5.74) is 0. The Kier molecular flexibility index (Phi) is 38.1. The van der Waals surface area contributed by atoms with Gasteiger partial charge in [0.2, 0.25) is 0 Å². The molecule has 10 heteroatoms. The van der Waals surface area contributed by atoms with Gasteiger partial charge in [0.1, 0.15) is 19.8 Å². The van der Waals surface area contributed by atoms with E-state index < -0.39 is 32.5 Å². The van der Waals surface area contributed by atoms with Crippen molar-refractivity contribution in [1.29, 1.82) is 0 Å². The molecule has 0 rings (SSSR count). The second-order valence-corrected chi connectivity index (χ2v) is 17.4. The number of hydrogen-bond acceptors (Lipinski definition) is 8. The normalized spacial score (nSPS) is 14.2. The van der Waals surface area contributed by atoms with Gasteiger partial charge in [-0.15, -0.1) is 0 Å². The van der Waals surface area contributed by atoms with Crippen molar-refractivity contribution in [3.63, 3.8) is 0 Å². The van der Waals surface area contributed by atoms with Crippen molar-refractivity contribution in [2.45, 2.75) is 174 Å². The Bertz CT molecular complexity index is 1220. The average molecular weight is 834 g/mol. The van der Waals surface area contributed by atoms with Gasteiger partial charge in [0.05, 0.1) is 27.7 Å². The molecular formula is C48H84NO8P. The molecule has 0 aliphatic rings. The van der Waals surface area contributed by atoms with E-state index in [9.17, 15) is 19.0 Å². The van der Waals surface area contributed by atoms with E-state index in [-0.39, 0.29) is 26.1 Å². The molecule has 0 aliphatic carbocycles. The lowest BCUT2D eigenvalue weighted by Gasteiger charge is -2.28. The second-order valence-electron chi connectivity index (χ2n) is 16.0. The third kappa shape index (κ3) is 43.0. The number of carbonyl (C=O) groups is 2. The molecule has 0 aromatic rings. The molecule has 0 aliphatic heterocycles. The molecule has 334 valence electrons. The first-order chi connectivity index (χ1) is 28.0. The van der Waals surface area contributed by atoms with E-state index in [1.165, 1.54) is 51.4 Å². The fourth-order valence-corrected chi connectivity index (χ4v) is 6.44. The molecule has 2 unspecified atom stereocenters. The standard InChI is InChI=1S/C48H84NO8P/c1-6-8-10-12-14-16-18-19-20-21-22-23-24-25-26-27-28-29-31-33-35-37-39-41-48(51)57-46(45-56-58(52,53)55-43-42-49(3,4)5)44-54-47(50)40-38-36-34-32-30-17-15-13-11-9-7-2/h8,10,14,16,19-20,22-23,25-26,28-29,46H,6-7,9,11-13,15,17-18,21,24,27,30-45H2,1-5H3/b10-8-,16-14-,20-19-,23-22-,26-25-,29-28-. The first kappa shape index (κ1) is 55.5. The van der Waals surface area contributed by atoms with Gasteiger partial charge in [-0.1, -0.05) is 164 Å². The number of esters is 2. The number of likely N-dealkylation sites (N-methyl/N-ethyl adjacent to an activating group) is 1. The van der Waals surface area contributed by atoms with Gasteiger partial charge in [-0.05, 0) is 64.2 Å². The number of ether oxygens (including phenoxy) is 2. The summed E-state index contributed by atoms with van der Waals surface area (Å²) in [7, 11) is 1.14. The Morgan fingerprint density at radius 2 is 0.983 bits per heavy atom. The van der Waals surface area contributed by atoms with Crippen LogP contribution in [0, 0.1) is 0 Å². The quantitative estimate of drug-likeness (QED) is 0.0197. The third-order valence-corrected chi connectivity index (χ3v) is 10.2. The number of phosphoric ester groups is 1. The predicted molar refractivity (Wildman–Crippen MR) is 240 cm³/mol.